The Kier molecular flexibility index (Phi) is 10.9. The summed E-state index contributed by atoms with van der Waals surface area (Å²) in [5.74, 6) is -4.55. The number of fused-ring (bicyclic) bond motifs is 3. The number of benzene rings is 2. The van der Waals surface area contributed by atoms with E-state index in [1.54, 1.807) is 20.8 Å². The summed E-state index contributed by atoms with van der Waals surface area (Å²) < 4.78 is 63.0. The summed E-state index contributed by atoms with van der Waals surface area (Å²) in [4.78, 5) is 62.7. The predicted molar refractivity (Wildman–Crippen MR) is 200 cm³/mol. The fourth-order valence-electron chi connectivity index (χ4n) is 8.27. The molecule has 17 heteroatoms. The molecule has 7 rings (SSSR count). The van der Waals surface area contributed by atoms with Crippen LogP contribution in [0.1, 0.15) is 83.3 Å². The monoisotopic (exact) mass is 798 g/mol. The summed E-state index contributed by atoms with van der Waals surface area (Å²) in [6, 6.07) is 12.8. The van der Waals surface area contributed by atoms with Crippen LogP contribution in [0.4, 0.5) is 13.6 Å². The highest BCUT2D eigenvalue weighted by Crippen LogP contribution is 2.48. The van der Waals surface area contributed by atoms with Crippen molar-refractivity contribution < 1.29 is 46.0 Å². The van der Waals surface area contributed by atoms with Crippen LogP contribution < -0.4 is 15.4 Å². The predicted octanol–water partition coefficient (Wildman–Crippen LogP) is 4.09. The summed E-state index contributed by atoms with van der Waals surface area (Å²) in [6.45, 7) is 5.37. The van der Waals surface area contributed by atoms with Crippen LogP contribution in [0.2, 0.25) is 0 Å². The molecule has 2 aromatic carbocycles. The maximum atomic E-state index is 14.5. The Bertz CT molecular complexity index is 1970. The molecule has 0 aromatic heterocycles. The summed E-state index contributed by atoms with van der Waals surface area (Å²) in [7, 11) is -4.36. The van der Waals surface area contributed by atoms with Gasteiger partial charge in [0.1, 0.15) is 35.5 Å². The van der Waals surface area contributed by atoms with Crippen LogP contribution in [0, 0.1) is 11.3 Å². The Morgan fingerprint density at radius 2 is 1.48 bits per heavy atom. The van der Waals surface area contributed by atoms with Crippen molar-refractivity contribution >= 4 is 39.7 Å². The first kappa shape index (κ1) is 39.6. The Balaban J connectivity index is 1.16. The lowest BCUT2D eigenvalue weighted by Crippen LogP contribution is -2.60. The number of nitrogens with one attached hydrogen (secondary N) is 3. The molecule has 302 valence electrons. The van der Waals surface area contributed by atoms with E-state index in [1.807, 2.05) is 53.3 Å². The SMILES string of the molecule is CC(C)(C)[C@H](NC(=O)OC1CCCC1)C(=O)N1C[C@H](ON=C2c3ccccc3-c3ccccc32)C[C@H]1C(=O)N[C@@]1(C(=O)NS(=O)(=O)N2CCCC2)C[C@H]1C(F)F. The van der Waals surface area contributed by atoms with Gasteiger partial charge >= 0.3 is 16.3 Å². The molecule has 2 heterocycles. The van der Waals surface area contributed by atoms with Crippen molar-refractivity contribution in [1.82, 2.24) is 24.6 Å². The van der Waals surface area contributed by atoms with E-state index in [4.69, 9.17) is 9.57 Å². The highest BCUT2D eigenvalue weighted by molar-refractivity contribution is 7.87. The molecule has 56 heavy (non-hydrogen) atoms. The van der Waals surface area contributed by atoms with E-state index in [0.717, 1.165) is 39.4 Å². The van der Waals surface area contributed by atoms with E-state index >= 15 is 0 Å². The third kappa shape index (κ3) is 7.84. The Hall–Kier alpha value is -4.64. The van der Waals surface area contributed by atoms with Crippen LogP contribution in [-0.2, 0) is 34.2 Å². The van der Waals surface area contributed by atoms with Gasteiger partial charge in [-0.25, -0.2) is 18.3 Å². The number of rotatable bonds is 11. The van der Waals surface area contributed by atoms with Gasteiger partial charge in [-0.2, -0.15) is 12.7 Å². The smallest absolute Gasteiger partial charge is 0.408 e. The molecule has 2 aliphatic heterocycles. The first-order valence-corrected chi connectivity index (χ1v) is 20.7. The summed E-state index contributed by atoms with van der Waals surface area (Å²) in [5.41, 5.74) is 1.01. The molecular formula is C39H48F2N6O8S. The largest absolute Gasteiger partial charge is 0.446 e. The Labute approximate surface area is 324 Å². The fourth-order valence-corrected chi connectivity index (χ4v) is 9.55. The van der Waals surface area contributed by atoms with Crippen LogP contribution in [-0.4, -0.2) is 103 Å². The second-order valence-corrected chi connectivity index (χ2v) is 18.1. The van der Waals surface area contributed by atoms with E-state index in [0.29, 0.717) is 31.4 Å². The first-order chi connectivity index (χ1) is 26.6. The number of halogens is 2. The number of nitrogens with zero attached hydrogens (tertiary/aromatic N) is 3. The lowest BCUT2D eigenvalue weighted by atomic mass is 9.85. The van der Waals surface area contributed by atoms with E-state index < -0.39 is 81.9 Å². The maximum absolute atomic E-state index is 14.5. The second-order valence-electron chi connectivity index (χ2n) is 16.4. The highest BCUT2D eigenvalue weighted by atomic mass is 32.2. The number of hydrogen-bond acceptors (Lipinski definition) is 9. The van der Waals surface area contributed by atoms with Crippen molar-refractivity contribution in [2.45, 2.75) is 108 Å². The van der Waals surface area contributed by atoms with Gasteiger partial charge in [0.15, 0.2) is 0 Å². The molecule has 3 aliphatic carbocycles. The average Bonchev–Trinajstić information content (AvgIpc) is 3.72. The van der Waals surface area contributed by atoms with Gasteiger partial charge in [0.2, 0.25) is 18.2 Å². The second kappa shape index (κ2) is 15.4. The van der Waals surface area contributed by atoms with Crippen LogP contribution in [0.25, 0.3) is 11.1 Å². The Morgan fingerprint density at radius 1 is 0.893 bits per heavy atom. The minimum absolute atomic E-state index is 0.149. The molecule has 0 bridgehead atoms. The zero-order valence-electron chi connectivity index (χ0n) is 31.6. The number of oxime groups is 1. The van der Waals surface area contributed by atoms with Crippen molar-refractivity contribution in [2.24, 2.45) is 16.5 Å². The molecule has 0 spiro atoms. The molecule has 4 amide bonds. The minimum Gasteiger partial charge on any atom is -0.446 e. The van der Waals surface area contributed by atoms with Crippen LogP contribution >= 0.6 is 0 Å². The molecule has 2 saturated heterocycles. The lowest BCUT2D eigenvalue weighted by molar-refractivity contribution is -0.143. The van der Waals surface area contributed by atoms with Crippen molar-refractivity contribution in [1.29, 1.82) is 0 Å². The van der Waals surface area contributed by atoms with E-state index in [2.05, 4.69) is 15.8 Å². The zero-order valence-corrected chi connectivity index (χ0v) is 32.4. The minimum atomic E-state index is -4.36. The number of carbonyl (C=O) groups excluding carboxylic acids is 4. The summed E-state index contributed by atoms with van der Waals surface area (Å²) >= 11 is 0. The standard InChI is InChI=1S/C39H48F2N6O8S/c1-38(2,3)32(42-37(51)54-23-12-4-5-13-23)35(49)47-22-24(55-44-31-27-16-8-6-14-25(27)26-15-7-9-17-28(26)31)20-30(47)34(48)43-39(21-29(39)33(40)41)36(50)45-56(52,53)46-18-10-11-19-46/h6-9,14-17,23-24,29-30,32-33H,4-5,10-13,18-22H2,1-3H3,(H,42,51)(H,43,48)(H,45,50)/t24-,29+,30+,32-,39+/m1/s1. The van der Waals surface area contributed by atoms with Crippen molar-refractivity contribution in [3.05, 3.63) is 59.7 Å². The number of alkyl halides is 2. The average molecular weight is 799 g/mol. The zero-order chi connectivity index (χ0) is 40.0. The topological polar surface area (TPSA) is 176 Å². The van der Waals surface area contributed by atoms with Gasteiger partial charge in [0, 0.05) is 30.6 Å². The van der Waals surface area contributed by atoms with Gasteiger partial charge in [-0.3, -0.25) is 14.4 Å². The molecule has 0 radical (unpaired) electrons. The van der Waals surface area contributed by atoms with Crippen molar-refractivity contribution in [3.8, 4) is 11.1 Å². The van der Waals surface area contributed by atoms with Crippen LogP contribution in [0.3, 0.4) is 0 Å². The van der Waals surface area contributed by atoms with E-state index in [1.165, 1.54) is 4.90 Å². The van der Waals surface area contributed by atoms with Crippen LogP contribution in [0.15, 0.2) is 53.7 Å². The number of likely N-dealkylation sites (tertiary alicyclic amines) is 1. The Morgan fingerprint density at radius 3 is 2.04 bits per heavy atom. The van der Waals surface area contributed by atoms with E-state index in [-0.39, 0.29) is 32.2 Å². The third-order valence-electron chi connectivity index (χ3n) is 11.4. The molecule has 2 aromatic rings. The summed E-state index contributed by atoms with van der Waals surface area (Å²) in [6.07, 6.45) is -1.23. The van der Waals surface area contributed by atoms with Gasteiger partial charge in [0.05, 0.1) is 12.5 Å². The van der Waals surface area contributed by atoms with E-state index in [9.17, 15) is 36.4 Å². The van der Waals surface area contributed by atoms with Gasteiger partial charge in [-0.05, 0) is 61.5 Å². The first-order valence-electron chi connectivity index (χ1n) is 19.2. The van der Waals surface area contributed by atoms with Crippen LogP contribution in [0.5, 0.6) is 0 Å². The number of hydrogen-bond donors (Lipinski definition) is 3. The van der Waals surface area contributed by atoms with Gasteiger partial charge in [-0.1, -0.05) is 74.5 Å². The number of ether oxygens (including phenoxy) is 1. The maximum Gasteiger partial charge on any atom is 0.408 e. The third-order valence-corrected chi connectivity index (χ3v) is 12.9. The fraction of sp³-hybridized carbons (Fsp3) is 0.564. The molecule has 5 atom stereocenters. The quantitative estimate of drug-likeness (QED) is 0.243. The number of carbonyl (C=O) groups is 4. The molecule has 5 aliphatic rings. The molecule has 3 N–H and O–H groups in total. The molecule has 2 saturated carbocycles. The molecule has 0 unspecified atom stereocenters. The van der Waals surface area contributed by atoms with Gasteiger partial charge in [-0.15, -0.1) is 0 Å². The lowest BCUT2D eigenvalue weighted by Gasteiger charge is -2.35. The number of alkyl carbamates (subject to hydrolysis) is 1. The van der Waals surface area contributed by atoms with Crippen molar-refractivity contribution in [3.63, 3.8) is 0 Å². The molecule has 14 nitrogen and oxygen atoms in total. The molecular weight excluding hydrogens is 751 g/mol. The normalized spacial score (nSPS) is 25.4. The summed E-state index contributed by atoms with van der Waals surface area (Å²) in [5, 5.41) is 9.66. The van der Waals surface area contributed by atoms with Crippen molar-refractivity contribution in [2.75, 3.05) is 19.6 Å². The van der Waals surface area contributed by atoms with Gasteiger partial charge in [0.25, 0.3) is 5.91 Å². The number of amides is 4. The van der Waals surface area contributed by atoms with Gasteiger partial charge < -0.3 is 25.1 Å². The molecule has 4 fully saturated rings. The highest BCUT2D eigenvalue weighted by Gasteiger charge is 2.66.